The minimum atomic E-state index is -3.47. The number of benzene rings is 2. The first-order valence-corrected chi connectivity index (χ1v) is 9.53. The Labute approximate surface area is 141 Å². The fourth-order valence-corrected chi connectivity index (χ4v) is 3.42. The number of fused-ring (bicyclic) bond motifs is 3. The smallest absolute Gasteiger partial charge is 0.264 e. The van der Waals surface area contributed by atoms with Crippen molar-refractivity contribution in [1.29, 1.82) is 0 Å². The van der Waals surface area contributed by atoms with Crippen LogP contribution in [-0.4, -0.2) is 26.3 Å². The van der Waals surface area contributed by atoms with Gasteiger partial charge in [-0.15, -0.1) is 0 Å². The van der Waals surface area contributed by atoms with Crippen molar-refractivity contribution in [3.8, 4) is 0 Å². The highest BCUT2D eigenvalue weighted by molar-refractivity contribution is 9.10. The maximum absolute atomic E-state index is 12.2. The largest absolute Gasteiger partial charge is 0.329 e. The van der Waals surface area contributed by atoms with Crippen molar-refractivity contribution < 1.29 is 12.6 Å². The lowest BCUT2D eigenvalue weighted by molar-refractivity contribution is 0.326. The zero-order chi connectivity index (χ0) is 16.6. The summed E-state index contributed by atoms with van der Waals surface area (Å²) in [6, 6.07) is 9.45. The number of hydrogen-bond donors (Lipinski definition) is 1. The Morgan fingerprint density at radius 3 is 2.70 bits per heavy atom. The van der Waals surface area contributed by atoms with Crippen molar-refractivity contribution in [2.24, 2.45) is 0 Å². The maximum atomic E-state index is 12.2. The number of aromatic amines is 1. The van der Waals surface area contributed by atoms with Crippen LogP contribution in [0.4, 0.5) is 0 Å². The van der Waals surface area contributed by atoms with Crippen LogP contribution in [0.25, 0.3) is 21.5 Å². The molecule has 23 heavy (non-hydrogen) atoms. The normalized spacial score (nSPS) is 12.1. The van der Waals surface area contributed by atoms with Crippen molar-refractivity contribution >= 4 is 47.6 Å². The topological polar surface area (TPSA) is 76.2 Å². The highest BCUT2D eigenvalue weighted by atomic mass is 79.9. The molecule has 0 radical (unpaired) electrons. The van der Waals surface area contributed by atoms with Gasteiger partial charge in [0.1, 0.15) is 0 Å². The predicted octanol–water partition coefficient (Wildman–Crippen LogP) is 2.96. The Kier molecular flexibility index (Phi) is 4.27. The summed E-state index contributed by atoms with van der Waals surface area (Å²) in [5, 5.41) is 3.17. The van der Waals surface area contributed by atoms with E-state index >= 15 is 0 Å². The number of nitrogens with one attached hydrogen (secondary N) is 1. The Morgan fingerprint density at radius 1 is 1.17 bits per heavy atom. The first-order valence-electron chi connectivity index (χ1n) is 6.92. The molecule has 5 nitrogen and oxygen atoms in total. The molecule has 0 atom stereocenters. The molecule has 0 amide bonds. The van der Waals surface area contributed by atoms with Crippen LogP contribution in [0.5, 0.6) is 0 Å². The summed E-state index contributed by atoms with van der Waals surface area (Å²) in [7, 11) is -3.47. The van der Waals surface area contributed by atoms with E-state index in [0.29, 0.717) is 11.8 Å². The monoisotopic (exact) mass is 395 g/mol. The molecule has 2 aromatic carbocycles. The SMILES string of the molecule is CS(=O)(=O)OCCc1cc2cc[nH]c(=O)c2c2cc(Br)ccc12. The Bertz CT molecular complexity index is 1060. The molecule has 0 unspecified atom stereocenters. The van der Waals surface area contributed by atoms with E-state index in [4.69, 9.17) is 4.18 Å². The summed E-state index contributed by atoms with van der Waals surface area (Å²) in [4.78, 5) is 14.9. The van der Waals surface area contributed by atoms with Crippen LogP contribution in [0.15, 0.2) is 45.8 Å². The average molecular weight is 396 g/mol. The number of H-pyrrole nitrogens is 1. The van der Waals surface area contributed by atoms with Gasteiger partial charge in [0, 0.05) is 10.7 Å². The van der Waals surface area contributed by atoms with Gasteiger partial charge in [-0.3, -0.25) is 8.98 Å². The van der Waals surface area contributed by atoms with Crippen molar-refractivity contribution in [2.45, 2.75) is 6.42 Å². The molecule has 3 rings (SSSR count). The third kappa shape index (κ3) is 3.46. The molecule has 3 aromatic rings. The Balaban J connectivity index is 2.19. The second kappa shape index (κ2) is 6.07. The molecule has 0 spiro atoms. The predicted molar refractivity (Wildman–Crippen MR) is 94.3 cm³/mol. The molecule has 0 aliphatic heterocycles. The van der Waals surface area contributed by atoms with Gasteiger partial charge in [0.05, 0.1) is 18.2 Å². The molecule has 0 aliphatic rings. The van der Waals surface area contributed by atoms with Crippen LogP contribution in [0, 0.1) is 0 Å². The molecular weight excluding hydrogens is 382 g/mol. The van der Waals surface area contributed by atoms with Crippen LogP contribution >= 0.6 is 15.9 Å². The van der Waals surface area contributed by atoms with Crippen molar-refractivity contribution in [3.05, 3.63) is 56.9 Å². The van der Waals surface area contributed by atoms with Gasteiger partial charge < -0.3 is 4.98 Å². The molecule has 0 saturated heterocycles. The van der Waals surface area contributed by atoms with E-state index in [9.17, 15) is 13.2 Å². The zero-order valence-electron chi connectivity index (χ0n) is 12.3. The summed E-state index contributed by atoms with van der Waals surface area (Å²) in [6.45, 7) is 0.0681. The van der Waals surface area contributed by atoms with Gasteiger partial charge in [0.15, 0.2) is 0 Å². The van der Waals surface area contributed by atoms with Crippen LogP contribution in [0.1, 0.15) is 5.56 Å². The fraction of sp³-hybridized carbons (Fsp3) is 0.188. The average Bonchev–Trinajstić information content (AvgIpc) is 2.45. The van der Waals surface area contributed by atoms with Gasteiger partial charge in [-0.25, -0.2) is 0 Å². The quantitative estimate of drug-likeness (QED) is 0.544. The van der Waals surface area contributed by atoms with Crippen LogP contribution in [0.3, 0.4) is 0 Å². The van der Waals surface area contributed by atoms with Gasteiger partial charge in [0.2, 0.25) is 0 Å². The highest BCUT2D eigenvalue weighted by Gasteiger charge is 2.11. The standard InChI is InChI=1S/C16H14BrNO4S/c1-23(20,21)22-7-5-10-8-11-4-6-18-16(19)15(11)14-9-12(17)2-3-13(10)14/h2-4,6,8-9H,5,7H2,1H3,(H,18,19). The van der Waals surface area contributed by atoms with Crippen LogP contribution in [0.2, 0.25) is 0 Å². The molecule has 120 valence electrons. The minimum Gasteiger partial charge on any atom is -0.329 e. The number of hydrogen-bond acceptors (Lipinski definition) is 4. The molecular formula is C16H14BrNO4S. The second-order valence-corrected chi connectivity index (χ2v) is 7.83. The third-order valence-corrected chi connectivity index (χ3v) is 4.68. The summed E-state index contributed by atoms with van der Waals surface area (Å²) in [5.41, 5.74) is 0.791. The van der Waals surface area contributed by atoms with Crippen molar-refractivity contribution in [3.63, 3.8) is 0 Å². The molecule has 1 aromatic heterocycles. The first kappa shape index (κ1) is 16.2. The van der Waals surface area contributed by atoms with Crippen molar-refractivity contribution in [1.82, 2.24) is 4.98 Å². The maximum Gasteiger partial charge on any atom is 0.264 e. The molecule has 1 heterocycles. The van der Waals surface area contributed by atoms with E-state index in [2.05, 4.69) is 20.9 Å². The third-order valence-electron chi connectivity index (χ3n) is 3.59. The van der Waals surface area contributed by atoms with Gasteiger partial charge in [-0.05, 0) is 46.3 Å². The Morgan fingerprint density at radius 2 is 1.96 bits per heavy atom. The number of rotatable bonds is 4. The molecule has 1 N–H and O–H groups in total. The molecule has 0 bridgehead atoms. The van der Waals surface area contributed by atoms with Gasteiger partial charge in [-0.1, -0.05) is 28.1 Å². The summed E-state index contributed by atoms with van der Waals surface area (Å²) in [6.07, 6.45) is 3.07. The second-order valence-electron chi connectivity index (χ2n) is 5.27. The summed E-state index contributed by atoms with van der Waals surface area (Å²) in [5.74, 6) is 0. The first-order chi connectivity index (χ1) is 10.8. The summed E-state index contributed by atoms with van der Waals surface area (Å²) >= 11 is 3.43. The molecule has 0 saturated carbocycles. The lowest BCUT2D eigenvalue weighted by Crippen LogP contribution is -2.08. The highest BCUT2D eigenvalue weighted by Crippen LogP contribution is 2.29. The minimum absolute atomic E-state index is 0.0681. The van der Waals surface area contributed by atoms with E-state index in [-0.39, 0.29) is 12.2 Å². The zero-order valence-corrected chi connectivity index (χ0v) is 14.7. The van der Waals surface area contributed by atoms with Crippen LogP contribution in [-0.2, 0) is 20.7 Å². The van der Waals surface area contributed by atoms with E-state index in [1.165, 1.54) is 0 Å². The molecule has 7 heteroatoms. The van der Waals surface area contributed by atoms with Crippen molar-refractivity contribution in [2.75, 3.05) is 12.9 Å². The summed E-state index contributed by atoms with van der Waals surface area (Å²) < 4.78 is 27.9. The van der Waals surface area contributed by atoms with E-state index in [1.807, 2.05) is 30.3 Å². The van der Waals surface area contributed by atoms with Crippen LogP contribution < -0.4 is 5.56 Å². The number of halogens is 1. The molecule has 0 fully saturated rings. The fourth-order valence-electron chi connectivity index (χ4n) is 2.67. The van der Waals surface area contributed by atoms with Gasteiger partial charge in [0.25, 0.3) is 15.7 Å². The number of pyridine rings is 1. The van der Waals surface area contributed by atoms with E-state index in [0.717, 1.165) is 32.5 Å². The lowest BCUT2D eigenvalue weighted by atomic mass is 9.97. The molecule has 0 aliphatic carbocycles. The number of aromatic nitrogens is 1. The van der Waals surface area contributed by atoms with Gasteiger partial charge in [-0.2, -0.15) is 8.42 Å². The van der Waals surface area contributed by atoms with Gasteiger partial charge >= 0.3 is 0 Å². The Hall–Kier alpha value is -1.70. The van der Waals surface area contributed by atoms with E-state index in [1.54, 1.807) is 6.20 Å². The van der Waals surface area contributed by atoms with E-state index < -0.39 is 10.1 Å². The lowest BCUT2D eigenvalue weighted by Gasteiger charge is -2.10.